The Balaban J connectivity index is 1.42. The minimum Gasteiger partial charge on any atom is -0.399 e. The Hall–Kier alpha value is -2.88. The summed E-state index contributed by atoms with van der Waals surface area (Å²) >= 11 is 0. The van der Waals surface area contributed by atoms with Gasteiger partial charge in [-0.25, -0.2) is 4.99 Å². The zero-order valence-electron chi connectivity index (χ0n) is 16.5. The number of hydrogen-bond donors (Lipinski definition) is 1. The van der Waals surface area contributed by atoms with Crippen molar-refractivity contribution in [3.63, 3.8) is 0 Å². The number of aromatic nitrogens is 2. The predicted octanol–water partition coefficient (Wildman–Crippen LogP) is 5.66. The molecule has 0 saturated heterocycles. The van der Waals surface area contributed by atoms with Crippen LogP contribution >= 0.6 is 0 Å². The number of nitrogens with two attached hydrogens (primary N) is 1. The number of fused-ring (bicyclic) bond motifs is 1. The second kappa shape index (κ2) is 8.01. The largest absolute Gasteiger partial charge is 0.399 e. The fourth-order valence-corrected chi connectivity index (χ4v) is 4.44. The molecule has 0 spiro atoms. The number of hydrogen-bond acceptors (Lipinski definition) is 3. The molecule has 0 aliphatic heterocycles. The van der Waals surface area contributed by atoms with Crippen LogP contribution in [0.1, 0.15) is 49.8 Å². The molecule has 2 unspecified atom stereocenters. The van der Waals surface area contributed by atoms with E-state index >= 15 is 0 Å². The van der Waals surface area contributed by atoms with Crippen LogP contribution in [0.25, 0.3) is 16.6 Å². The van der Waals surface area contributed by atoms with E-state index in [0.29, 0.717) is 11.7 Å². The zero-order valence-corrected chi connectivity index (χ0v) is 16.5. The molecule has 1 fully saturated rings. The number of benzene rings is 1. The summed E-state index contributed by atoms with van der Waals surface area (Å²) in [5.74, 6) is 1.69. The fraction of sp³-hybridized carbons (Fsp3) is 0.333. The van der Waals surface area contributed by atoms with Crippen LogP contribution in [0.3, 0.4) is 0 Å². The first-order chi connectivity index (χ1) is 13.7. The molecule has 3 aromatic rings. The molecule has 2 heterocycles. The lowest BCUT2D eigenvalue weighted by Gasteiger charge is -2.16. The highest BCUT2D eigenvalue weighted by atomic mass is 15.1. The smallest absolute Gasteiger partial charge is 0.141 e. The summed E-state index contributed by atoms with van der Waals surface area (Å²) in [6, 6.07) is 13.3. The SMILES string of the molecule is C=C(N)c1ccn(C2CCC(CCc3ccc4cccnc4c3)C2)c1/N=C\C. The molecule has 1 saturated carbocycles. The van der Waals surface area contributed by atoms with Crippen molar-refractivity contribution >= 4 is 28.6 Å². The summed E-state index contributed by atoms with van der Waals surface area (Å²) in [5.41, 5.74) is 9.95. The number of rotatable bonds is 6. The molecule has 28 heavy (non-hydrogen) atoms. The number of pyridine rings is 1. The van der Waals surface area contributed by atoms with Crippen molar-refractivity contribution in [2.45, 2.75) is 45.1 Å². The van der Waals surface area contributed by atoms with E-state index in [1.807, 2.05) is 31.5 Å². The lowest BCUT2D eigenvalue weighted by atomic mass is 9.97. The third-order valence-electron chi connectivity index (χ3n) is 5.90. The van der Waals surface area contributed by atoms with E-state index < -0.39 is 0 Å². The van der Waals surface area contributed by atoms with Crippen LogP contribution in [-0.2, 0) is 6.42 Å². The van der Waals surface area contributed by atoms with Gasteiger partial charge in [0.15, 0.2) is 0 Å². The van der Waals surface area contributed by atoms with E-state index in [1.54, 1.807) is 0 Å². The van der Waals surface area contributed by atoms with E-state index in [1.165, 1.54) is 36.6 Å². The van der Waals surface area contributed by atoms with Gasteiger partial charge in [0.25, 0.3) is 0 Å². The van der Waals surface area contributed by atoms with Crippen LogP contribution < -0.4 is 5.73 Å². The van der Waals surface area contributed by atoms with Gasteiger partial charge in [-0.1, -0.05) is 24.8 Å². The average Bonchev–Trinajstić information content (AvgIpc) is 3.33. The van der Waals surface area contributed by atoms with Gasteiger partial charge in [-0.15, -0.1) is 0 Å². The summed E-state index contributed by atoms with van der Waals surface area (Å²) in [7, 11) is 0. The first kappa shape index (κ1) is 18.5. The van der Waals surface area contributed by atoms with Crippen LogP contribution in [0.2, 0.25) is 0 Å². The van der Waals surface area contributed by atoms with E-state index in [0.717, 1.165) is 29.2 Å². The molecule has 4 nitrogen and oxygen atoms in total. The first-order valence-corrected chi connectivity index (χ1v) is 10.1. The molecular formula is C24H28N4. The molecule has 1 aliphatic rings. The molecule has 2 aromatic heterocycles. The summed E-state index contributed by atoms with van der Waals surface area (Å²) in [5, 5.41) is 1.21. The molecule has 4 heteroatoms. The second-order valence-corrected chi connectivity index (χ2v) is 7.77. The quantitative estimate of drug-likeness (QED) is 0.567. The number of aryl methyl sites for hydroxylation is 1. The summed E-state index contributed by atoms with van der Waals surface area (Å²) in [6.07, 6.45) is 11.8. The maximum absolute atomic E-state index is 5.95. The highest BCUT2D eigenvalue weighted by Gasteiger charge is 2.27. The number of aliphatic imine (C=N–C) groups is 1. The van der Waals surface area contributed by atoms with Crippen molar-refractivity contribution < 1.29 is 0 Å². The maximum atomic E-state index is 5.95. The summed E-state index contributed by atoms with van der Waals surface area (Å²) in [6.45, 7) is 5.83. The fourth-order valence-electron chi connectivity index (χ4n) is 4.44. The Morgan fingerprint density at radius 2 is 2.21 bits per heavy atom. The van der Waals surface area contributed by atoms with Crippen molar-refractivity contribution in [1.29, 1.82) is 0 Å². The van der Waals surface area contributed by atoms with Gasteiger partial charge in [-0.2, -0.15) is 0 Å². The normalized spacial score (nSPS) is 19.6. The molecule has 144 valence electrons. The zero-order chi connectivity index (χ0) is 19.5. The standard InChI is InChI=1S/C24H28N4/c1-3-26-24-22(17(2)25)12-14-28(24)21-11-9-18(15-21)6-7-19-8-10-20-5-4-13-27-23(20)16-19/h3-5,8,10,12-14,16,18,21H,2,6-7,9,11,15,25H2,1H3/b26-3-. The van der Waals surface area contributed by atoms with Gasteiger partial charge >= 0.3 is 0 Å². The molecule has 0 amide bonds. The summed E-state index contributed by atoms with van der Waals surface area (Å²) in [4.78, 5) is 9.05. The highest BCUT2D eigenvalue weighted by molar-refractivity contribution is 5.78. The van der Waals surface area contributed by atoms with Crippen LogP contribution in [0.5, 0.6) is 0 Å². The van der Waals surface area contributed by atoms with E-state index in [9.17, 15) is 0 Å². The molecule has 0 radical (unpaired) electrons. The van der Waals surface area contributed by atoms with Gasteiger partial charge in [-0.05, 0) is 68.7 Å². The average molecular weight is 373 g/mol. The molecule has 0 bridgehead atoms. The van der Waals surface area contributed by atoms with E-state index in [-0.39, 0.29) is 0 Å². The Morgan fingerprint density at radius 3 is 3.04 bits per heavy atom. The summed E-state index contributed by atoms with van der Waals surface area (Å²) < 4.78 is 2.30. The van der Waals surface area contributed by atoms with Gasteiger partial charge in [0, 0.05) is 41.3 Å². The lowest BCUT2D eigenvalue weighted by molar-refractivity contribution is 0.458. The third kappa shape index (κ3) is 3.72. The third-order valence-corrected chi connectivity index (χ3v) is 5.90. The van der Waals surface area contributed by atoms with Crippen molar-refractivity contribution in [3.8, 4) is 0 Å². The monoisotopic (exact) mass is 372 g/mol. The topological polar surface area (TPSA) is 56.2 Å². The molecule has 2 N–H and O–H groups in total. The van der Waals surface area contributed by atoms with Crippen molar-refractivity contribution in [2.24, 2.45) is 16.6 Å². The lowest BCUT2D eigenvalue weighted by Crippen LogP contribution is -2.05. The predicted molar refractivity (Wildman–Crippen MR) is 118 cm³/mol. The first-order valence-electron chi connectivity index (χ1n) is 10.1. The van der Waals surface area contributed by atoms with Crippen LogP contribution in [0, 0.1) is 5.92 Å². The van der Waals surface area contributed by atoms with Gasteiger partial charge < -0.3 is 10.3 Å². The Labute approximate surface area is 166 Å². The van der Waals surface area contributed by atoms with Gasteiger partial charge in [0.05, 0.1) is 5.52 Å². The second-order valence-electron chi connectivity index (χ2n) is 7.77. The van der Waals surface area contributed by atoms with E-state index in [2.05, 4.69) is 51.6 Å². The maximum Gasteiger partial charge on any atom is 0.141 e. The molecule has 4 rings (SSSR count). The van der Waals surface area contributed by atoms with Crippen molar-refractivity contribution in [3.05, 3.63) is 66.5 Å². The van der Waals surface area contributed by atoms with Crippen LogP contribution in [0.4, 0.5) is 5.82 Å². The Kier molecular flexibility index (Phi) is 5.29. The van der Waals surface area contributed by atoms with Crippen LogP contribution in [0.15, 0.2) is 60.4 Å². The molecule has 2 atom stereocenters. The van der Waals surface area contributed by atoms with E-state index in [4.69, 9.17) is 5.73 Å². The Bertz CT molecular complexity index is 1010. The van der Waals surface area contributed by atoms with Gasteiger partial charge in [0.2, 0.25) is 0 Å². The highest BCUT2D eigenvalue weighted by Crippen LogP contribution is 2.40. The minimum absolute atomic E-state index is 0.495. The van der Waals surface area contributed by atoms with Crippen molar-refractivity contribution in [2.75, 3.05) is 0 Å². The molecule has 1 aromatic carbocycles. The van der Waals surface area contributed by atoms with Crippen LogP contribution in [-0.4, -0.2) is 15.8 Å². The van der Waals surface area contributed by atoms with Gasteiger partial charge in [0.1, 0.15) is 5.82 Å². The molecule has 1 aliphatic carbocycles. The minimum atomic E-state index is 0.495. The number of nitrogens with zero attached hydrogens (tertiary/aromatic N) is 3. The van der Waals surface area contributed by atoms with Crippen molar-refractivity contribution in [1.82, 2.24) is 9.55 Å². The molecular weight excluding hydrogens is 344 g/mol. The Morgan fingerprint density at radius 1 is 1.32 bits per heavy atom. The van der Waals surface area contributed by atoms with Gasteiger partial charge in [-0.3, -0.25) is 4.98 Å².